The van der Waals surface area contributed by atoms with E-state index in [-0.39, 0.29) is 0 Å². The summed E-state index contributed by atoms with van der Waals surface area (Å²) in [4.78, 5) is 2.04. The van der Waals surface area contributed by atoms with Gasteiger partial charge in [0.05, 0.1) is 0 Å². The van der Waals surface area contributed by atoms with Gasteiger partial charge in [-0.05, 0) is 20.0 Å². The fraction of sp³-hybridized carbons (Fsp3) is 0.667. The molecule has 0 N–H and O–H groups in total. The minimum Gasteiger partial charge on any atom is -0.384 e. The van der Waals surface area contributed by atoms with Crippen molar-refractivity contribution in [1.29, 1.82) is 0 Å². The van der Waals surface area contributed by atoms with Crippen LogP contribution >= 0.6 is 0 Å². The molecule has 0 heterocycles. The summed E-state index contributed by atoms with van der Waals surface area (Å²) in [5, 5.41) is 0. The van der Waals surface area contributed by atoms with Crippen LogP contribution < -0.4 is 0 Å². The van der Waals surface area contributed by atoms with Crippen LogP contribution in [0.2, 0.25) is 0 Å². The Balaban J connectivity index is 3.45. The van der Waals surface area contributed by atoms with Crippen molar-refractivity contribution < 1.29 is 0 Å². The molecule has 0 radical (unpaired) electrons. The molecular formula is C6H13N. The Bertz CT molecular complexity index is 68.2. The molecule has 0 fully saturated rings. The Labute approximate surface area is 45.6 Å². The molecule has 0 aliphatic heterocycles. The van der Waals surface area contributed by atoms with E-state index in [4.69, 9.17) is 0 Å². The molecule has 0 spiro atoms. The molecule has 0 bridgehead atoms. The van der Waals surface area contributed by atoms with Crippen molar-refractivity contribution in [2.24, 2.45) is 0 Å². The number of hydrogen-bond donors (Lipinski definition) is 0. The Kier molecular flexibility index (Phi) is 2.49. The Morgan fingerprint density at radius 3 is 1.71 bits per heavy atom. The van der Waals surface area contributed by atoms with Crippen LogP contribution in [0.25, 0.3) is 0 Å². The van der Waals surface area contributed by atoms with E-state index in [1.165, 1.54) is 5.57 Å². The fourth-order valence-electron chi connectivity index (χ4n) is 0.516. The Hall–Kier alpha value is -0.460. The van der Waals surface area contributed by atoms with Gasteiger partial charge in [0.25, 0.3) is 0 Å². The zero-order valence-corrected chi connectivity index (χ0v) is 5.52. The van der Waals surface area contributed by atoms with Crippen LogP contribution in [0.1, 0.15) is 13.8 Å². The third kappa shape index (κ3) is 5.54. The van der Waals surface area contributed by atoms with Crippen molar-refractivity contribution in [2.45, 2.75) is 13.8 Å². The molecular weight excluding hydrogens is 86.1 g/mol. The maximum Gasteiger partial charge on any atom is 0.00556 e. The zero-order chi connectivity index (χ0) is 5.86. The summed E-state index contributed by atoms with van der Waals surface area (Å²) in [6.07, 6.45) is 2.08. The molecule has 42 valence electrons. The predicted molar refractivity (Wildman–Crippen MR) is 33.1 cm³/mol. The van der Waals surface area contributed by atoms with Gasteiger partial charge in [0, 0.05) is 14.1 Å². The van der Waals surface area contributed by atoms with Gasteiger partial charge in [0.2, 0.25) is 0 Å². The lowest BCUT2D eigenvalue weighted by Crippen LogP contribution is -2.00. The summed E-state index contributed by atoms with van der Waals surface area (Å²) in [5.41, 5.74) is 1.34. The van der Waals surface area contributed by atoms with Gasteiger partial charge in [-0.1, -0.05) is 5.57 Å². The van der Waals surface area contributed by atoms with Crippen molar-refractivity contribution in [2.75, 3.05) is 14.1 Å². The van der Waals surface area contributed by atoms with E-state index in [9.17, 15) is 0 Å². The molecule has 0 aliphatic rings. The maximum atomic E-state index is 2.08. The van der Waals surface area contributed by atoms with Crippen LogP contribution in [0.15, 0.2) is 11.8 Å². The van der Waals surface area contributed by atoms with E-state index in [0.717, 1.165) is 0 Å². The molecule has 0 aromatic carbocycles. The van der Waals surface area contributed by atoms with Gasteiger partial charge in [-0.25, -0.2) is 0 Å². The summed E-state index contributed by atoms with van der Waals surface area (Å²) in [6.45, 7) is 4.17. The van der Waals surface area contributed by atoms with E-state index in [1.54, 1.807) is 0 Å². The highest BCUT2D eigenvalue weighted by atomic mass is 15.0. The molecule has 7 heavy (non-hydrogen) atoms. The molecule has 0 amide bonds. The lowest BCUT2D eigenvalue weighted by molar-refractivity contribution is 0.558. The number of allylic oxidation sites excluding steroid dienone is 1. The van der Waals surface area contributed by atoms with Gasteiger partial charge >= 0.3 is 0 Å². The van der Waals surface area contributed by atoms with Gasteiger partial charge in [0.1, 0.15) is 0 Å². The second-order valence-electron chi connectivity index (χ2n) is 2.17. The number of rotatable bonds is 1. The largest absolute Gasteiger partial charge is 0.384 e. The van der Waals surface area contributed by atoms with Gasteiger partial charge in [-0.15, -0.1) is 0 Å². The van der Waals surface area contributed by atoms with Gasteiger partial charge < -0.3 is 4.90 Å². The lowest BCUT2D eigenvalue weighted by atomic mass is 10.4. The Morgan fingerprint density at radius 1 is 1.29 bits per heavy atom. The van der Waals surface area contributed by atoms with E-state index in [0.29, 0.717) is 0 Å². The van der Waals surface area contributed by atoms with Crippen molar-refractivity contribution in [1.82, 2.24) is 4.90 Å². The van der Waals surface area contributed by atoms with E-state index in [1.807, 2.05) is 19.0 Å². The fourth-order valence-corrected chi connectivity index (χ4v) is 0.516. The van der Waals surface area contributed by atoms with Crippen LogP contribution in [-0.4, -0.2) is 19.0 Å². The standard InChI is InChI=1S/C6H13N/c1-6(2)5-7(3)4/h5H,1-4H3. The third-order valence-electron chi connectivity index (χ3n) is 0.516. The molecule has 0 atom stereocenters. The topological polar surface area (TPSA) is 3.24 Å². The smallest absolute Gasteiger partial charge is 0.00556 e. The normalized spacial score (nSPS) is 8.00. The summed E-state index contributed by atoms with van der Waals surface area (Å²) in [5.74, 6) is 0. The van der Waals surface area contributed by atoms with Crippen LogP contribution in [0.4, 0.5) is 0 Å². The second-order valence-corrected chi connectivity index (χ2v) is 2.17. The van der Waals surface area contributed by atoms with E-state index in [2.05, 4.69) is 20.0 Å². The second kappa shape index (κ2) is 2.67. The highest BCUT2D eigenvalue weighted by Gasteiger charge is 1.75. The maximum absolute atomic E-state index is 2.08. The summed E-state index contributed by atoms with van der Waals surface area (Å²) >= 11 is 0. The summed E-state index contributed by atoms with van der Waals surface area (Å²) in [6, 6.07) is 0. The number of nitrogens with zero attached hydrogens (tertiary/aromatic N) is 1. The SMILES string of the molecule is CC(C)=CN(C)C. The van der Waals surface area contributed by atoms with Crippen LogP contribution in [0.5, 0.6) is 0 Å². The van der Waals surface area contributed by atoms with Crippen molar-refractivity contribution >= 4 is 0 Å². The van der Waals surface area contributed by atoms with Gasteiger partial charge in [0.15, 0.2) is 0 Å². The summed E-state index contributed by atoms with van der Waals surface area (Å²) < 4.78 is 0. The molecule has 0 rings (SSSR count). The first-order chi connectivity index (χ1) is 3.13. The van der Waals surface area contributed by atoms with Crippen molar-refractivity contribution in [3.8, 4) is 0 Å². The highest BCUT2D eigenvalue weighted by Crippen LogP contribution is 1.87. The molecule has 0 saturated heterocycles. The van der Waals surface area contributed by atoms with Gasteiger partial charge in [-0.3, -0.25) is 0 Å². The predicted octanol–water partition coefficient (Wildman–Crippen LogP) is 1.47. The molecule has 0 aromatic heterocycles. The van der Waals surface area contributed by atoms with Gasteiger partial charge in [-0.2, -0.15) is 0 Å². The molecule has 1 nitrogen and oxygen atoms in total. The third-order valence-corrected chi connectivity index (χ3v) is 0.516. The average molecular weight is 99.2 g/mol. The first kappa shape index (κ1) is 6.54. The van der Waals surface area contributed by atoms with Crippen LogP contribution in [0.3, 0.4) is 0 Å². The van der Waals surface area contributed by atoms with Crippen molar-refractivity contribution in [3.05, 3.63) is 11.8 Å². The summed E-state index contributed by atoms with van der Waals surface area (Å²) in [7, 11) is 4.04. The molecule has 0 unspecified atom stereocenters. The van der Waals surface area contributed by atoms with Crippen LogP contribution in [-0.2, 0) is 0 Å². The lowest BCUT2D eigenvalue weighted by Gasteiger charge is -2.03. The zero-order valence-electron chi connectivity index (χ0n) is 5.52. The molecule has 0 aromatic rings. The Morgan fingerprint density at radius 2 is 1.71 bits per heavy atom. The van der Waals surface area contributed by atoms with E-state index >= 15 is 0 Å². The van der Waals surface area contributed by atoms with Crippen LogP contribution in [0, 0.1) is 0 Å². The average Bonchev–Trinajstić information content (AvgIpc) is 1.27. The highest BCUT2D eigenvalue weighted by molar-refractivity contribution is 4.90. The first-order valence-electron chi connectivity index (χ1n) is 2.44. The minimum absolute atomic E-state index is 1.34. The molecule has 0 aliphatic carbocycles. The molecule has 0 saturated carbocycles. The van der Waals surface area contributed by atoms with E-state index < -0.39 is 0 Å². The molecule has 1 heteroatoms. The number of hydrogen-bond acceptors (Lipinski definition) is 1. The quantitative estimate of drug-likeness (QED) is 0.481. The minimum atomic E-state index is 1.34. The monoisotopic (exact) mass is 99.1 g/mol. The van der Waals surface area contributed by atoms with Crippen molar-refractivity contribution in [3.63, 3.8) is 0 Å². The first-order valence-corrected chi connectivity index (χ1v) is 2.44.